The lowest BCUT2D eigenvalue weighted by molar-refractivity contribution is -0.116. The fraction of sp³-hybridized carbons (Fsp3) is 0.190. The second kappa shape index (κ2) is 7.49. The molecular formula is C21H16FN3O4S. The Morgan fingerprint density at radius 1 is 1.10 bits per heavy atom. The number of thioether (sulfide) groups is 1. The van der Waals surface area contributed by atoms with Gasteiger partial charge < -0.3 is 19.8 Å². The summed E-state index contributed by atoms with van der Waals surface area (Å²) < 4.78 is 23.8. The molecule has 2 aromatic carbocycles. The molecule has 0 fully saturated rings. The first-order valence-corrected chi connectivity index (χ1v) is 10.3. The predicted molar refractivity (Wildman–Crippen MR) is 108 cm³/mol. The number of amides is 1. The number of fused-ring (bicyclic) bond motifs is 2. The van der Waals surface area contributed by atoms with Crippen molar-refractivity contribution in [1.29, 1.82) is 0 Å². The molecule has 0 aliphatic carbocycles. The summed E-state index contributed by atoms with van der Waals surface area (Å²) >= 11 is 1.30. The fourth-order valence-electron chi connectivity index (χ4n) is 3.57. The van der Waals surface area contributed by atoms with Crippen LogP contribution in [0.15, 0.2) is 52.4 Å². The average Bonchev–Trinajstić information content (AvgIpc) is 3.20. The van der Waals surface area contributed by atoms with Crippen LogP contribution in [0.25, 0.3) is 0 Å². The normalized spacial score (nSPS) is 16.8. The third-order valence-corrected chi connectivity index (χ3v) is 5.96. The lowest BCUT2D eigenvalue weighted by Gasteiger charge is -2.24. The van der Waals surface area contributed by atoms with Crippen LogP contribution < -0.4 is 20.3 Å². The summed E-state index contributed by atoms with van der Waals surface area (Å²) in [5.41, 5.74) is 1.79. The Bertz CT molecular complexity index is 1200. The molecule has 0 unspecified atom stereocenters. The number of carbonyl (C=O) groups excluding carboxylic acids is 1. The van der Waals surface area contributed by atoms with E-state index < -0.39 is 5.92 Å². The second-order valence-corrected chi connectivity index (χ2v) is 7.93. The van der Waals surface area contributed by atoms with Crippen LogP contribution in [0.3, 0.4) is 0 Å². The lowest BCUT2D eigenvalue weighted by Crippen LogP contribution is -2.31. The number of benzene rings is 2. The lowest BCUT2D eigenvalue weighted by atomic mass is 9.86. The van der Waals surface area contributed by atoms with E-state index >= 15 is 0 Å². The average molecular weight is 425 g/mol. The maximum Gasteiger partial charge on any atom is 0.257 e. The maximum atomic E-state index is 13.1. The molecule has 0 radical (unpaired) electrons. The number of ether oxygens (including phenoxy) is 2. The summed E-state index contributed by atoms with van der Waals surface area (Å²) in [7, 11) is 0. The molecule has 0 spiro atoms. The van der Waals surface area contributed by atoms with Gasteiger partial charge in [0.2, 0.25) is 12.7 Å². The number of halogens is 1. The molecule has 1 aromatic heterocycles. The molecule has 2 N–H and O–H groups in total. The van der Waals surface area contributed by atoms with Gasteiger partial charge in [-0.15, -0.1) is 0 Å². The van der Waals surface area contributed by atoms with Crippen molar-refractivity contribution in [3.8, 4) is 11.5 Å². The molecule has 0 saturated heterocycles. The third-order valence-electron chi connectivity index (χ3n) is 5.02. The van der Waals surface area contributed by atoms with Crippen molar-refractivity contribution in [3.05, 3.63) is 75.3 Å². The zero-order valence-corrected chi connectivity index (χ0v) is 16.4. The monoisotopic (exact) mass is 425 g/mol. The van der Waals surface area contributed by atoms with Crippen LogP contribution in [-0.4, -0.2) is 22.7 Å². The van der Waals surface area contributed by atoms with E-state index in [0.29, 0.717) is 28.0 Å². The molecule has 0 saturated carbocycles. The van der Waals surface area contributed by atoms with E-state index in [-0.39, 0.29) is 36.3 Å². The van der Waals surface area contributed by atoms with Crippen molar-refractivity contribution < 1.29 is 18.7 Å². The quantitative estimate of drug-likeness (QED) is 0.492. The summed E-state index contributed by atoms with van der Waals surface area (Å²) in [4.78, 5) is 32.5. The Hall–Kier alpha value is -3.33. The molecular weight excluding hydrogens is 409 g/mol. The van der Waals surface area contributed by atoms with Gasteiger partial charge in [-0.05, 0) is 35.4 Å². The van der Waals surface area contributed by atoms with Gasteiger partial charge in [0.1, 0.15) is 11.6 Å². The highest BCUT2D eigenvalue weighted by Gasteiger charge is 2.32. The molecule has 9 heteroatoms. The van der Waals surface area contributed by atoms with Gasteiger partial charge in [0.25, 0.3) is 5.56 Å². The predicted octanol–water partition coefficient (Wildman–Crippen LogP) is 3.40. The van der Waals surface area contributed by atoms with E-state index in [0.717, 1.165) is 11.1 Å². The van der Waals surface area contributed by atoms with Gasteiger partial charge in [-0.2, -0.15) is 0 Å². The fourth-order valence-corrected chi connectivity index (χ4v) is 4.38. The van der Waals surface area contributed by atoms with Crippen LogP contribution in [0, 0.1) is 5.82 Å². The molecule has 1 atom stereocenters. The number of aromatic nitrogens is 2. The molecule has 0 bridgehead atoms. The molecule has 2 aliphatic heterocycles. The highest BCUT2D eigenvalue weighted by Crippen LogP contribution is 2.40. The SMILES string of the molecule is O=C1C[C@@H](c2ccc3c(c2)OCO3)c2c(nc(SCc3ccc(F)cc3)[nH]c2=O)N1. The molecule has 30 heavy (non-hydrogen) atoms. The van der Waals surface area contributed by atoms with E-state index in [9.17, 15) is 14.0 Å². The van der Waals surface area contributed by atoms with Crippen LogP contribution in [0.5, 0.6) is 11.5 Å². The number of hydrogen-bond donors (Lipinski definition) is 2. The minimum absolute atomic E-state index is 0.138. The van der Waals surface area contributed by atoms with Crippen molar-refractivity contribution >= 4 is 23.5 Å². The van der Waals surface area contributed by atoms with Crippen LogP contribution >= 0.6 is 11.8 Å². The second-order valence-electron chi connectivity index (χ2n) is 6.97. The molecule has 152 valence electrons. The Kier molecular flexibility index (Phi) is 4.66. The summed E-state index contributed by atoms with van der Waals surface area (Å²) in [6, 6.07) is 11.5. The van der Waals surface area contributed by atoms with E-state index in [2.05, 4.69) is 15.3 Å². The van der Waals surface area contributed by atoms with E-state index in [1.807, 2.05) is 6.07 Å². The number of nitrogens with one attached hydrogen (secondary N) is 2. The smallest absolute Gasteiger partial charge is 0.257 e. The minimum Gasteiger partial charge on any atom is -0.454 e. The van der Waals surface area contributed by atoms with E-state index in [1.54, 1.807) is 24.3 Å². The van der Waals surface area contributed by atoms with Crippen molar-refractivity contribution in [3.63, 3.8) is 0 Å². The number of H-pyrrole nitrogens is 1. The van der Waals surface area contributed by atoms with Crippen LogP contribution in [0.4, 0.5) is 10.2 Å². The number of carbonyl (C=O) groups is 1. The van der Waals surface area contributed by atoms with Crippen LogP contribution in [0.1, 0.15) is 29.0 Å². The number of aromatic amines is 1. The summed E-state index contributed by atoms with van der Waals surface area (Å²) in [6.45, 7) is 0.150. The molecule has 1 amide bonds. The third kappa shape index (κ3) is 3.52. The first kappa shape index (κ1) is 18.7. The van der Waals surface area contributed by atoms with Gasteiger partial charge in [0.05, 0.1) is 5.56 Å². The van der Waals surface area contributed by atoms with E-state index in [1.165, 1.54) is 23.9 Å². The molecule has 7 nitrogen and oxygen atoms in total. The van der Waals surface area contributed by atoms with Crippen LogP contribution in [0.2, 0.25) is 0 Å². The molecule has 5 rings (SSSR count). The standard InChI is InChI=1S/C21H16FN3O4S/c22-13-4-1-11(2-5-13)9-30-21-24-19-18(20(27)25-21)14(8-17(26)23-19)12-3-6-15-16(7-12)29-10-28-15/h1-7,14H,8-10H2,(H2,23,24,25,26,27)/t14-/m0/s1. The topological polar surface area (TPSA) is 93.3 Å². The van der Waals surface area contributed by atoms with Gasteiger partial charge in [-0.25, -0.2) is 9.37 Å². The maximum absolute atomic E-state index is 13.1. The Balaban J connectivity index is 1.45. The molecule has 3 aromatic rings. The molecule has 2 aliphatic rings. The van der Waals surface area contributed by atoms with Gasteiger partial charge in [-0.3, -0.25) is 9.59 Å². The summed E-state index contributed by atoms with van der Waals surface area (Å²) in [6.07, 6.45) is 0.138. The van der Waals surface area contributed by atoms with Gasteiger partial charge in [0, 0.05) is 18.1 Å². The largest absolute Gasteiger partial charge is 0.454 e. The zero-order chi connectivity index (χ0) is 20.7. The van der Waals surface area contributed by atoms with Crippen molar-refractivity contribution in [2.24, 2.45) is 0 Å². The summed E-state index contributed by atoms with van der Waals surface area (Å²) in [5.74, 6) is 1.05. The van der Waals surface area contributed by atoms with Gasteiger partial charge in [-0.1, -0.05) is 30.0 Å². The first-order valence-electron chi connectivity index (χ1n) is 9.27. The van der Waals surface area contributed by atoms with Crippen molar-refractivity contribution in [2.45, 2.75) is 23.2 Å². The Labute approximate surface area is 174 Å². The number of nitrogens with zero attached hydrogens (tertiary/aromatic N) is 1. The molecule has 3 heterocycles. The zero-order valence-electron chi connectivity index (χ0n) is 15.6. The highest BCUT2D eigenvalue weighted by atomic mass is 32.2. The Morgan fingerprint density at radius 2 is 1.90 bits per heavy atom. The first-order chi connectivity index (χ1) is 14.6. The Morgan fingerprint density at radius 3 is 2.73 bits per heavy atom. The minimum atomic E-state index is -0.435. The number of rotatable bonds is 4. The van der Waals surface area contributed by atoms with Crippen molar-refractivity contribution in [2.75, 3.05) is 12.1 Å². The number of hydrogen-bond acceptors (Lipinski definition) is 6. The van der Waals surface area contributed by atoms with E-state index in [4.69, 9.17) is 9.47 Å². The van der Waals surface area contributed by atoms with Gasteiger partial charge >= 0.3 is 0 Å². The van der Waals surface area contributed by atoms with Gasteiger partial charge in [0.15, 0.2) is 16.7 Å². The van der Waals surface area contributed by atoms with Crippen molar-refractivity contribution in [1.82, 2.24) is 9.97 Å². The number of anilines is 1. The highest BCUT2D eigenvalue weighted by molar-refractivity contribution is 7.98. The van der Waals surface area contributed by atoms with Crippen LogP contribution in [-0.2, 0) is 10.5 Å². The summed E-state index contributed by atoms with van der Waals surface area (Å²) in [5, 5.41) is 3.09.